The molecule has 2 aromatic rings. The predicted octanol–water partition coefficient (Wildman–Crippen LogP) is 0.257. The summed E-state index contributed by atoms with van der Waals surface area (Å²) in [6.45, 7) is 0. The Morgan fingerprint density at radius 1 is 1.12 bits per heavy atom. The molecule has 2 rings (SSSR count). The van der Waals surface area contributed by atoms with Crippen LogP contribution < -0.4 is 5.46 Å². The van der Waals surface area contributed by atoms with Gasteiger partial charge in [0.1, 0.15) is 0 Å². The molecule has 0 amide bonds. The molecule has 0 saturated heterocycles. The van der Waals surface area contributed by atoms with Crippen LogP contribution in [0.4, 0.5) is 0 Å². The zero-order chi connectivity index (χ0) is 11.7. The molecule has 3 nitrogen and oxygen atoms in total. The number of benzene rings is 2. The predicted molar refractivity (Wildman–Crippen MR) is 66.1 cm³/mol. The molecular weight excluding hydrogens is 223 g/mol. The fourth-order valence-electron chi connectivity index (χ4n) is 1.79. The van der Waals surface area contributed by atoms with E-state index in [0.717, 1.165) is 5.39 Å². The Morgan fingerprint density at radius 3 is 2.31 bits per heavy atom. The maximum atomic E-state index is 11.6. The smallest absolute Gasteiger partial charge is 0.423 e. The van der Waals surface area contributed by atoms with Crippen LogP contribution in [0.1, 0.15) is 0 Å². The van der Waals surface area contributed by atoms with Crippen LogP contribution in [0, 0.1) is 0 Å². The van der Waals surface area contributed by atoms with Gasteiger partial charge in [-0.3, -0.25) is 4.21 Å². The van der Waals surface area contributed by atoms with E-state index >= 15 is 0 Å². The molecule has 1 unspecified atom stereocenters. The van der Waals surface area contributed by atoms with Crippen LogP contribution in [0.15, 0.2) is 41.3 Å². The third-order valence-corrected chi connectivity index (χ3v) is 3.45. The highest BCUT2D eigenvalue weighted by Crippen LogP contribution is 2.19. The van der Waals surface area contributed by atoms with Gasteiger partial charge in [0.2, 0.25) is 0 Å². The molecule has 0 spiro atoms. The second-order valence-electron chi connectivity index (χ2n) is 3.53. The van der Waals surface area contributed by atoms with Crippen LogP contribution in [0.3, 0.4) is 0 Å². The standard InChI is InChI=1S/C11H11BO3S/c1-16(15)10-7-3-5-8-4-2-6-9(11(8)10)12(13)14/h2-7,13-14H,1H3. The molecule has 1 atom stereocenters. The van der Waals surface area contributed by atoms with Crippen LogP contribution in [0.2, 0.25) is 0 Å². The average Bonchev–Trinajstić information content (AvgIpc) is 2.27. The van der Waals surface area contributed by atoms with Gasteiger partial charge >= 0.3 is 7.12 Å². The Labute approximate surface area is 96.3 Å². The van der Waals surface area contributed by atoms with Crippen molar-refractivity contribution in [1.29, 1.82) is 0 Å². The molecule has 0 radical (unpaired) electrons. The quantitative estimate of drug-likeness (QED) is 0.732. The highest BCUT2D eigenvalue weighted by Gasteiger charge is 2.17. The molecule has 0 bridgehead atoms. The molecule has 5 heteroatoms. The second-order valence-corrected chi connectivity index (χ2v) is 4.88. The summed E-state index contributed by atoms with van der Waals surface area (Å²) in [6.07, 6.45) is 1.58. The lowest BCUT2D eigenvalue weighted by atomic mass is 9.77. The van der Waals surface area contributed by atoms with E-state index in [-0.39, 0.29) is 0 Å². The molecule has 16 heavy (non-hydrogen) atoms. The van der Waals surface area contributed by atoms with Gasteiger partial charge in [0.25, 0.3) is 0 Å². The summed E-state index contributed by atoms with van der Waals surface area (Å²) in [5.41, 5.74) is 0.392. The molecule has 0 heterocycles. The van der Waals surface area contributed by atoms with E-state index < -0.39 is 17.9 Å². The summed E-state index contributed by atoms with van der Waals surface area (Å²) in [7, 11) is -2.70. The molecule has 2 N–H and O–H groups in total. The lowest BCUT2D eigenvalue weighted by Crippen LogP contribution is -2.30. The number of hydrogen-bond donors (Lipinski definition) is 2. The third-order valence-electron chi connectivity index (χ3n) is 2.49. The zero-order valence-electron chi connectivity index (χ0n) is 8.75. The molecule has 82 valence electrons. The van der Waals surface area contributed by atoms with Gasteiger partial charge in [-0.15, -0.1) is 0 Å². The first-order valence-electron chi connectivity index (χ1n) is 4.82. The van der Waals surface area contributed by atoms with Crippen LogP contribution in [-0.4, -0.2) is 27.6 Å². The Kier molecular flexibility index (Phi) is 3.09. The monoisotopic (exact) mass is 234 g/mol. The number of rotatable bonds is 2. The molecule has 0 fully saturated rings. The maximum Gasteiger partial charge on any atom is 0.489 e. The fraction of sp³-hybridized carbons (Fsp3) is 0.0909. The van der Waals surface area contributed by atoms with E-state index in [9.17, 15) is 14.3 Å². The van der Waals surface area contributed by atoms with Crippen molar-refractivity contribution in [2.75, 3.05) is 6.26 Å². The lowest BCUT2D eigenvalue weighted by Gasteiger charge is -2.09. The molecule has 0 aliphatic rings. The Morgan fingerprint density at radius 2 is 1.75 bits per heavy atom. The van der Waals surface area contributed by atoms with Crippen LogP contribution in [0.5, 0.6) is 0 Å². The van der Waals surface area contributed by atoms with E-state index in [0.29, 0.717) is 15.7 Å². The van der Waals surface area contributed by atoms with Gasteiger partial charge in [-0.05, 0) is 22.3 Å². The molecule has 2 aromatic carbocycles. The Hall–Kier alpha value is -1.17. The van der Waals surface area contributed by atoms with Gasteiger partial charge < -0.3 is 10.0 Å². The van der Waals surface area contributed by atoms with Crippen molar-refractivity contribution in [2.45, 2.75) is 4.90 Å². The zero-order valence-corrected chi connectivity index (χ0v) is 9.57. The first-order chi connectivity index (χ1) is 7.61. The Bertz CT molecular complexity index is 549. The molecule has 0 saturated carbocycles. The number of fused-ring (bicyclic) bond motifs is 1. The fourth-order valence-corrected chi connectivity index (χ4v) is 2.58. The van der Waals surface area contributed by atoms with Gasteiger partial charge in [-0.1, -0.05) is 30.3 Å². The van der Waals surface area contributed by atoms with Crippen molar-refractivity contribution in [1.82, 2.24) is 0 Å². The summed E-state index contributed by atoms with van der Waals surface area (Å²) in [5.74, 6) is 0. The first kappa shape index (κ1) is 11.3. The minimum absolute atomic E-state index is 0.392. The summed E-state index contributed by atoms with van der Waals surface area (Å²) in [5, 5.41) is 20.1. The van der Waals surface area contributed by atoms with Crippen LogP contribution in [0.25, 0.3) is 10.8 Å². The van der Waals surface area contributed by atoms with Gasteiger partial charge in [0.15, 0.2) is 0 Å². The van der Waals surface area contributed by atoms with Gasteiger partial charge in [0.05, 0.1) is 10.8 Å². The molecule has 0 aromatic heterocycles. The van der Waals surface area contributed by atoms with Crippen molar-refractivity contribution >= 4 is 34.2 Å². The number of hydrogen-bond acceptors (Lipinski definition) is 3. The van der Waals surface area contributed by atoms with Crippen molar-refractivity contribution in [3.8, 4) is 0 Å². The summed E-state index contributed by atoms with van der Waals surface area (Å²) < 4.78 is 11.6. The van der Waals surface area contributed by atoms with Crippen molar-refractivity contribution in [3.63, 3.8) is 0 Å². The highest BCUT2D eigenvalue weighted by atomic mass is 32.2. The van der Waals surface area contributed by atoms with E-state index in [1.54, 1.807) is 24.5 Å². The van der Waals surface area contributed by atoms with Gasteiger partial charge in [-0.25, -0.2) is 0 Å². The minimum Gasteiger partial charge on any atom is -0.423 e. The minimum atomic E-state index is -1.55. The highest BCUT2D eigenvalue weighted by molar-refractivity contribution is 7.84. The van der Waals surface area contributed by atoms with E-state index in [1.165, 1.54) is 0 Å². The van der Waals surface area contributed by atoms with Gasteiger partial charge in [-0.2, -0.15) is 0 Å². The lowest BCUT2D eigenvalue weighted by molar-refractivity contribution is 0.426. The molecular formula is C11H11BO3S. The van der Waals surface area contributed by atoms with Gasteiger partial charge in [0, 0.05) is 11.2 Å². The largest absolute Gasteiger partial charge is 0.489 e. The van der Waals surface area contributed by atoms with E-state index in [2.05, 4.69) is 0 Å². The normalized spacial score (nSPS) is 12.7. The summed E-state index contributed by atoms with van der Waals surface area (Å²) in [6, 6.07) is 10.6. The molecule has 0 aliphatic heterocycles. The van der Waals surface area contributed by atoms with Crippen molar-refractivity contribution < 1.29 is 14.3 Å². The van der Waals surface area contributed by atoms with E-state index in [1.807, 2.05) is 18.2 Å². The SMILES string of the molecule is CS(=O)c1cccc2cccc(B(O)O)c12. The summed E-state index contributed by atoms with van der Waals surface area (Å²) in [4.78, 5) is 0.626. The van der Waals surface area contributed by atoms with Crippen molar-refractivity contribution in [3.05, 3.63) is 36.4 Å². The second kappa shape index (κ2) is 4.37. The van der Waals surface area contributed by atoms with E-state index in [4.69, 9.17) is 0 Å². The summed E-state index contributed by atoms with van der Waals surface area (Å²) >= 11 is 0. The molecule has 0 aliphatic carbocycles. The Balaban J connectivity index is 2.87. The van der Waals surface area contributed by atoms with Crippen LogP contribution >= 0.6 is 0 Å². The van der Waals surface area contributed by atoms with Crippen LogP contribution in [-0.2, 0) is 10.8 Å². The third kappa shape index (κ3) is 1.89. The van der Waals surface area contributed by atoms with Crippen molar-refractivity contribution in [2.24, 2.45) is 0 Å². The topological polar surface area (TPSA) is 57.5 Å². The maximum absolute atomic E-state index is 11.6. The first-order valence-corrected chi connectivity index (χ1v) is 6.38. The average molecular weight is 234 g/mol.